The van der Waals surface area contributed by atoms with Crippen LogP contribution in [0, 0.1) is 6.92 Å². The molecular formula is C24H24N4O3. The third kappa shape index (κ3) is 4.73. The molecule has 0 saturated heterocycles. The molecule has 0 spiro atoms. The van der Waals surface area contributed by atoms with Crippen molar-refractivity contribution in [3.63, 3.8) is 0 Å². The van der Waals surface area contributed by atoms with Gasteiger partial charge < -0.3 is 15.2 Å². The van der Waals surface area contributed by atoms with Gasteiger partial charge in [-0.05, 0) is 37.1 Å². The number of aromatic nitrogens is 3. The summed E-state index contributed by atoms with van der Waals surface area (Å²) in [5.74, 6) is 0.377. The van der Waals surface area contributed by atoms with Gasteiger partial charge in [-0.15, -0.1) is 0 Å². The Labute approximate surface area is 180 Å². The topological polar surface area (TPSA) is 89.3 Å². The average Bonchev–Trinajstić information content (AvgIpc) is 3.17. The number of aliphatic hydroxyl groups excluding tert-OH is 1. The second-order valence-corrected chi connectivity index (χ2v) is 7.53. The summed E-state index contributed by atoms with van der Waals surface area (Å²) in [6.07, 6.45) is 2.99. The molecule has 1 amide bonds. The van der Waals surface area contributed by atoms with Crippen molar-refractivity contribution in [3.05, 3.63) is 78.1 Å². The van der Waals surface area contributed by atoms with E-state index in [9.17, 15) is 4.79 Å². The number of benzene rings is 2. The summed E-state index contributed by atoms with van der Waals surface area (Å²) in [5, 5.41) is 17.3. The summed E-state index contributed by atoms with van der Waals surface area (Å²) in [4.78, 5) is 16.8. The molecule has 0 fully saturated rings. The number of hydrogen-bond acceptors (Lipinski definition) is 5. The van der Waals surface area contributed by atoms with E-state index in [1.165, 1.54) is 0 Å². The molecule has 7 heteroatoms. The fraction of sp³-hybridized carbons (Fsp3) is 0.208. The van der Waals surface area contributed by atoms with Gasteiger partial charge in [-0.3, -0.25) is 9.67 Å². The van der Waals surface area contributed by atoms with Crippen molar-refractivity contribution < 1.29 is 14.6 Å². The number of carbonyl (C=O) groups is 1. The monoisotopic (exact) mass is 416 g/mol. The van der Waals surface area contributed by atoms with Crippen LogP contribution >= 0.6 is 0 Å². The molecule has 1 atom stereocenters. The zero-order valence-electron chi connectivity index (χ0n) is 17.4. The second kappa shape index (κ2) is 8.97. The lowest BCUT2D eigenvalue weighted by atomic mass is 10.1. The van der Waals surface area contributed by atoms with Crippen LogP contribution in [-0.4, -0.2) is 38.6 Å². The van der Waals surface area contributed by atoms with Crippen LogP contribution in [0.15, 0.2) is 67.0 Å². The van der Waals surface area contributed by atoms with Crippen LogP contribution in [0.25, 0.3) is 22.2 Å². The summed E-state index contributed by atoms with van der Waals surface area (Å²) >= 11 is 0. The molecule has 0 bridgehead atoms. The first kappa shape index (κ1) is 20.6. The zero-order chi connectivity index (χ0) is 21.8. The highest BCUT2D eigenvalue weighted by Crippen LogP contribution is 2.32. The van der Waals surface area contributed by atoms with Gasteiger partial charge in [0.2, 0.25) is 0 Å². The van der Waals surface area contributed by atoms with E-state index in [1.54, 1.807) is 25.3 Å². The molecule has 2 aromatic heterocycles. The fourth-order valence-electron chi connectivity index (χ4n) is 3.31. The van der Waals surface area contributed by atoms with Crippen molar-refractivity contribution in [2.24, 2.45) is 0 Å². The normalized spacial score (nSPS) is 12.0. The van der Waals surface area contributed by atoms with Crippen molar-refractivity contribution in [2.75, 3.05) is 6.61 Å². The van der Waals surface area contributed by atoms with Crippen molar-refractivity contribution in [1.82, 2.24) is 20.1 Å². The van der Waals surface area contributed by atoms with E-state index in [0.29, 0.717) is 12.3 Å². The first-order valence-electron chi connectivity index (χ1n) is 10.1. The number of pyridine rings is 1. The smallest absolute Gasteiger partial charge is 0.410 e. The molecule has 2 heterocycles. The predicted octanol–water partition coefficient (Wildman–Crippen LogP) is 3.92. The van der Waals surface area contributed by atoms with E-state index < -0.39 is 12.1 Å². The van der Waals surface area contributed by atoms with Crippen LogP contribution in [-0.2, 0) is 6.54 Å². The summed E-state index contributed by atoms with van der Waals surface area (Å²) < 4.78 is 7.40. The van der Waals surface area contributed by atoms with Crippen molar-refractivity contribution >= 4 is 17.0 Å². The van der Waals surface area contributed by atoms with Gasteiger partial charge in [-0.25, -0.2) is 4.79 Å². The number of carbonyl (C=O) groups excluding carboxylic acids is 1. The number of nitrogens with one attached hydrogen (secondary N) is 1. The minimum absolute atomic E-state index is 0.170. The highest BCUT2D eigenvalue weighted by Gasteiger charge is 2.16. The minimum atomic E-state index is -0.627. The summed E-state index contributed by atoms with van der Waals surface area (Å²) in [7, 11) is 0. The van der Waals surface area contributed by atoms with E-state index in [0.717, 1.165) is 33.3 Å². The first-order valence-corrected chi connectivity index (χ1v) is 10.1. The van der Waals surface area contributed by atoms with Gasteiger partial charge in [-0.2, -0.15) is 5.10 Å². The van der Waals surface area contributed by atoms with E-state index in [4.69, 9.17) is 9.84 Å². The first-order chi connectivity index (χ1) is 15.0. The Balaban J connectivity index is 1.77. The molecule has 2 N–H and O–H groups in total. The molecular weight excluding hydrogens is 392 g/mol. The predicted molar refractivity (Wildman–Crippen MR) is 119 cm³/mol. The van der Waals surface area contributed by atoms with Crippen molar-refractivity contribution in [3.8, 4) is 17.0 Å². The van der Waals surface area contributed by atoms with Gasteiger partial charge in [0.15, 0.2) is 0 Å². The summed E-state index contributed by atoms with van der Waals surface area (Å²) in [5.41, 5.74) is 4.61. The molecule has 0 radical (unpaired) electrons. The van der Waals surface area contributed by atoms with Gasteiger partial charge in [-0.1, -0.05) is 36.4 Å². The number of ether oxygens (including phenoxy) is 1. The Morgan fingerprint density at radius 1 is 1.16 bits per heavy atom. The number of nitrogens with zero attached hydrogens (tertiary/aromatic N) is 3. The van der Waals surface area contributed by atoms with E-state index in [1.807, 2.05) is 60.3 Å². The third-order valence-electron chi connectivity index (χ3n) is 4.95. The molecule has 7 nitrogen and oxygen atoms in total. The van der Waals surface area contributed by atoms with Crippen LogP contribution in [0.4, 0.5) is 4.79 Å². The number of fused-ring (bicyclic) bond motifs is 1. The van der Waals surface area contributed by atoms with Crippen LogP contribution in [0.3, 0.4) is 0 Å². The number of aliphatic hydroxyl groups is 1. The SMILES string of the molecule is Cc1ccc(-c2cc(OC(=O)N[C@@H](C)CO)cc3c2cnn3Cc2ccccc2)nc1. The number of aryl methyl sites for hydroxylation is 1. The summed E-state index contributed by atoms with van der Waals surface area (Å²) in [6, 6.07) is 17.2. The molecule has 4 rings (SSSR count). The Morgan fingerprint density at radius 3 is 2.68 bits per heavy atom. The molecule has 0 saturated carbocycles. The lowest BCUT2D eigenvalue weighted by Crippen LogP contribution is -2.37. The minimum Gasteiger partial charge on any atom is -0.410 e. The maximum atomic E-state index is 12.2. The largest absolute Gasteiger partial charge is 0.412 e. The Hall–Kier alpha value is -3.71. The van der Waals surface area contributed by atoms with E-state index in [2.05, 4.69) is 15.4 Å². The van der Waals surface area contributed by atoms with E-state index in [-0.39, 0.29) is 6.61 Å². The van der Waals surface area contributed by atoms with Crippen LogP contribution < -0.4 is 10.1 Å². The second-order valence-electron chi connectivity index (χ2n) is 7.53. The highest BCUT2D eigenvalue weighted by atomic mass is 16.6. The number of hydrogen-bond donors (Lipinski definition) is 2. The van der Waals surface area contributed by atoms with Gasteiger partial charge in [0.25, 0.3) is 0 Å². The molecule has 0 aliphatic rings. The molecule has 4 aromatic rings. The quantitative estimate of drug-likeness (QED) is 0.497. The van der Waals surface area contributed by atoms with Gasteiger partial charge in [0, 0.05) is 23.2 Å². The number of amides is 1. The molecule has 2 aromatic carbocycles. The highest BCUT2D eigenvalue weighted by molar-refractivity contribution is 5.95. The Bertz CT molecular complexity index is 1190. The standard InChI is InChI=1S/C24H24N4O3/c1-16-8-9-22(25-12-16)20-10-19(31-24(30)27-17(2)15-29)11-23-21(20)13-26-28(23)14-18-6-4-3-5-7-18/h3-13,17,29H,14-15H2,1-2H3,(H,27,30)/t17-/m0/s1. The Kier molecular flexibility index (Phi) is 5.95. The van der Waals surface area contributed by atoms with E-state index >= 15 is 0 Å². The van der Waals surface area contributed by atoms with Crippen LogP contribution in [0.1, 0.15) is 18.1 Å². The van der Waals surface area contributed by atoms with Gasteiger partial charge >= 0.3 is 6.09 Å². The maximum absolute atomic E-state index is 12.2. The summed E-state index contributed by atoms with van der Waals surface area (Å²) in [6.45, 7) is 4.09. The Morgan fingerprint density at radius 2 is 1.97 bits per heavy atom. The fourth-order valence-corrected chi connectivity index (χ4v) is 3.31. The molecule has 158 valence electrons. The maximum Gasteiger partial charge on any atom is 0.412 e. The van der Waals surface area contributed by atoms with Crippen molar-refractivity contribution in [2.45, 2.75) is 26.4 Å². The van der Waals surface area contributed by atoms with Gasteiger partial charge in [0.1, 0.15) is 5.75 Å². The van der Waals surface area contributed by atoms with Crippen LogP contribution in [0.5, 0.6) is 5.75 Å². The lowest BCUT2D eigenvalue weighted by Gasteiger charge is -2.13. The molecule has 31 heavy (non-hydrogen) atoms. The zero-order valence-corrected chi connectivity index (χ0v) is 17.4. The molecule has 0 aliphatic carbocycles. The molecule has 0 unspecified atom stereocenters. The average molecular weight is 416 g/mol. The number of rotatable bonds is 6. The lowest BCUT2D eigenvalue weighted by molar-refractivity contribution is 0.186. The van der Waals surface area contributed by atoms with Crippen molar-refractivity contribution in [1.29, 1.82) is 0 Å². The van der Waals surface area contributed by atoms with Gasteiger partial charge in [0.05, 0.1) is 36.6 Å². The third-order valence-corrected chi connectivity index (χ3v) is 4.95. The molecule has 0 aliphatic heterocycles. The van der Waals surface area contributed by atoms with Crippen LogP contribution in [0.2, 0.25) is 0 Å².